The van der Waals surface area contributed by atoms with Crippen LogP contribution in [-0.2, 0) is 5.34 Å². The Balaban J connectivity index is 1.32. The Morgan fingerprint density at radius 3 is 2.39 bits per heavy atom. The Hall–Kier alpha value is -5.49. The lowest BCUT2D eigenvalue weighted by atomic mass is 9.57. The van der Waals surface area contributed by atoms with Gasteiger partial charge in [0.25, 0.3) is 5.91 Å². The molecule has 5 aromatic rings. The van der Waals surface area contributed by atoms with E-state index in [0.29, 0.717) is 36.6 Å². The van der Waals surface area contributed by atoms with Crippen molar-refractivity contribution in [2.24, 2.45) is 0 Å². The van der Waals surface area contributed by atoms with E-state index < -0.39 is 5.34 Å². The third-order valence-electron chi connectivity index (χ3n) is 10.1. The molecule has 1 unspecified atom stereocenters. The number of nitrogens with one attached hydrogen (secondary N) is 3. The quantitative estimate of drug-likeness (QED) is 0.152. The van der Waals surface area contributed by atoms with E-state index in [2.05, 4.69) is 98.9 Å². The molecule has 1 fully saturated rings. The summed E-state index contributed by atoms with van der Waals surface area (Å²) in [6.45, 7) is 7.50. The normalized spacial score (nSPS) is 15.8. The highest BCUT2D eigenvalue weighted by molar-refractivity contribution is 6.39. The molecule has 1 saturated heterocycles. The molecule has 5 heterocycles. The van der Waals surface area contributed by atoms with Crippen molar-refractivity contribution in [2.45, 2.75) is 38.2 Å². The van der Waals surface area contributed by atoms with Crippen LogP contribution in [0.4, 0.5) is 22.9 Å². The smallest absolute Gasteiger partial charge is 0.273 e. The third kappa shape index (κ3) is 5.73. The van der Waals surface area contributed by atoms with Crippen molar-refractivity contribution in [3.8, 4) is 22.3 Å². The second-order valence-corrected chi connectivity index (χ2v) is 13.3. The number of anilines is 4. The second kappa shape index (κ2) is 13.0. The molecule has 0 aliphatic carbocycles. The monoisotopic (exact) mass is 676 g/mol. The molecule has 14 heteroatoms. The number of carbonyl (C=O) groups excluding carboxylic acids is 2. The van der Waals surface area contributed by atoms with Gasteiger partial charge in [0, 0.05) is 57.1 Å². The standard InChI is InChI=1S/C37H38B2N10O2/c1-20-9-7-10-21(2)32(20)23-13-26-27-16-42-49(25-17-48(18-25)37(38,39)30-12-8-11-24(19-50)43-30)34(27)22(3)47(6)35(26)29(14-23)44-28-15-31(40-4)45-46-33(28)36(51)41-5/h7-16,19,22,25H,17-18H2,1-6H3,(H,41,51)(H2,40,44,45). The van der Waals surface area contributed by atoms with Gasteiger partial charge in [-0.1, -0.05) is 24.3 Å². The number of rotatable bonds is 9. The van der Waals surface area contributed by atoms with E-state index in [9.17, 15) is 9.59 Å². The van der Waals surface area contributed by atoms with E-state index in [-0.39, 0.29) is 29.4 Å². The van der Waals surface area contributed by atoms with Crippen LogP contribution >= 0.6 is 0 Å². The van der Waals surface area contributed by atoms with Crippen LogP contribution in [0.1, 0.15) is 62.5 Å². The molecule has 4 radical (unpaired) electrons. The summed E-state index contributed by atoms with van der Waals surface area (Å²) in [5.41, 5.74) is 10.8. The lowest BCUT2D eigenvalue weighted by molar-refractivity contribution is 0.0616. The molecule has 0 saturated carbocycles. The van der Waals surface area contributed by atoms with Crippen LogP contribution in [0.3, 0.4) is 0 Å². The lowest BCUT2D eigenvalue weighted by Gasteiger charge is -2.50. The van der Waals surface area contributed by atoms with Gasteiger partial charge >= 0.3 is 0 Å². The number of fused-ring (bicyclic) bond motifs is 3. The van der Waals surface area contributed by atoms with Gasteiger partial charge in [-0.15, -0.1) is 10.2 Å². The van der Waals surface area contributed by atoms with Crippen molar-refractivity contribution in [1.82, 2.24) is 35.2 Å². The van der Waals surface area contributed by atoms with Crippen LogP contribution < -0.4 is 20.9 Å². The first kappa shape index (κ1) is 34.0. The van der Waals surface area contributed by atoms with Gasteiger partial charge in [0.05, 0.1) is 56.7 Å². The number of aromatic nitrogens is 5. The largest absolute Gasteiger partial charge is 0.372 e. The summed E-state index contributed by atoms with van der Waals surface area (Å²) < 4.78 is 2.09. The average molecular weight is 676 g/mol. The zero-order valence-corrected chi connectivity index (χ0v) is 29.5. The maximum atomic E-state index is 12.9. The fourth-order valence-electron chi connectivity index (χ4n) is 7.25. The lowest BCUT2D eigenvalue weighted by Crippen LogP contribution is -2.60. The first-order valence-electron chi connectivity index (χ1n) is 16.8. The average Bonchev–Trinajstić information content (AvgIpc) is 3.54. The van der Waals surface area contributed by atoms with E-state index in [4.69, 9.17) is 20.8 Å². The number of aryl methyl sites for hydroxylation is 2. The third-order valence-corrected chi connectivity index (χ3v) is 10.1. The summed E-state index contributed by atoms with van der Waals surface area (Å²) in [5, 5.41) is 21.3. The minimum atomic E-state index is -1.35. The molecule has 12 nitrogen and oxygen atoms in total. The van der Waals surface area contributed by atoms with Gasteiger partial charge in [-0.25, -0.2) is 4.98 Å². The van der Waals surface area contributed by atoms with Crippen molar-refractivity contribution >= 4 is 50.8 Å². The van der Waals surface area contributed by atoms with Gasteiger partial charge in [0.1, 0.15) is 5.69 Å². The Kier molecular flexibility index (Phi) is 8.66. The van der Waals surface area contributed by atoms with Gasteiger partial charge in [-0.05, 0) is 72.6 Å². The highest BCUT2D eigenvalue weighted by atomic mass is 16.1. The molecule has 2 aliphatic rings. The van der Waals surface area contributed by atoms with Crippen LogP contribution in [0.25, 0.3) is 22.3 Å². The second-order valence-electron chi connectivity index (χ2n) is 13.3. The number of amides is 1. The topological polar surface area (TPSA) is 133 Å². The maximum absolute atomic E-state index is 12.9. The predicted molar refractivity (Wildman–Crippen MR) is 201 cm³/mol. The van der Waals surface area contributed by atoms with E-state index in [1.54, 1.807) is 38.4 Å². The minimum absolute atomic E-state index is 0.0178. The Morgan fingerprint density at radius 2 is 1.71 bits per heavy atom. The predicted octanol–water partition coefficient (Wildman–Crippen LogP) is 4.49. The molecular formula is C37H38B2N10O2. The first-order valence-corrected chi connectivity index (χ1v) is 16.8. The molecule has 51 heavy (non-hydrogen) atoms. The molecule has 1 amide bonds. The number of pyridine rings is 1. The van der Waals surface area contributed by atoms with Crippen LogP contribution in [0.15, 0.2) is 60.8 Å². The molecule has 3 N–H and O–H groups in total. The van der Waals surface area contributed by atoms with E-state index in [1.807, 2.05) is 11.1 Å². The van der Waals surface area contributed by atoms with E-state index in [0.717, 1.165) is 50.4 Å². The van der Waals surface area contributed by atoms with E-state index in [1.165, 1.54) is 0 Å². The summed E-state index contributed by atoms with van der Waals surface area (Å²) in [6, 6.07) is 17.5. The molecule has 0 spiro atoms. The number of likely N-dealkylation sites (tertiary alicyclic amines) is 1. The first-order chi connectivity index (χ1) is 24.5. The Labute approximate surface area is 299 Å². The summed E-state index contributed by atoms with van der Waals surface area (Å²) >= 11 is 0. The Bertz CT molecular complexity index is 2160. The number of hydrogen-bond acceptors (Lipinski definition) is 10. The summed E-state index contributed by atoms with van der Waals surface area (Å²) in [7, 11) is 18.6. The zero-order valence-electron chi connectivity index (χ0n) is 29.5. The number of nitrogens with zero attached hydrogens (tertiary/aromatic N) is 7. The molecular weight excluding hydrogens is 638 g/mol. The maximum Gasteiger partial charge on any atom is 0.273 e. The van der Waals surface area contributed by atoms with Crippen molar-refractivity contribution < 1.29 is 9.59 Å². The fourth-order valence-corrected chi connectivity index (χ4v) is 7.25. The molecule has 2 aliphatic heterocycles. The van der Waals surface area contributed by atoms with Gasteiger partial charge < -0.3 is 25.8 Å². The molecule has 254 valence electrons. The van der Waals surface area contributed by atoms with Crippen molar-refractivity contribution in [3.05, 3.63) is 94.7 Å². The van der Waals surface area contributed by atoms with Gasteiger partial charge in [0.15, 0.2) is 17.8 Å². The van der Waals surface area contributed by atoms with Gasteiger partial charge in [-0.2, -0.15) is 5.10 Å². The molecule has 2 aromatic carbocycles. The highest BCUT2D eigenvalue weighted by Gasteiger charge is 2.42. The van der Waals surface area contributed by atoms with Gasteiger partial charge in [0.2, 0.25) is 0 Å². The highest BCUT2D eigenvalue weighted by Crippen LogP contribution is 2.51. The van der Waals surface area contributed by atoms with Crippen molar-refractivity contribution in [2.75, 3.05) is 49.8 Å². The van der Waals surface area contributed by atoms with Crippen LogP contribution in [0, 0.1) is 13.8 Å². The van der Waals surface area contributed by atoms with E-state index >= 15 is 0 Å². The van der Waals surface area contributed by atoms with Crippen molar-refractivity contribution in [1.29, 1.82) is 0 Å². The summed E-state index contributed by atoms with van der Waals surface area (Å²) in [4.78, 5) is 32.8. The number of carbonyl (C=O) groups is 2. The SMILES string of the molecule is [B]C([B])(c1cccc(C=O)n1)N1CC(n2ncc3c2C(C)N(C)c2c(Nc4cc(NC)nnc4C(=O)NC)cc(-c4c(C)cccc4C)cc2-3)C1. The molecule has 1 atom stereocenters. The molecule has 0 bridgehead atoms. The van der Waals surface area contributed by atoms with Crippen LogP contribution in [-0.4, -0.2) is 92.0 Å². The minimum Gasteiger partial charge on any atom is -0.372 e. The number of hydrogen-bond donors (Lipinski definition) is 3. The van der Waals surface area contributed by atoms with Crippen LogP contribution in [0.2, 0.25) is 0 Å². The van der Waals surface area contributed by atoms with Crippen molar-refractivity contribution in [3.63, 3.8) is 0 Å². The van der Waals surface area contributed by atoms with Gasteiger partial charge in [-0.3, -0.25) is 14.3 Å². The fraction of sp³-hybridized carbons (Fsp3) is 0.297. The number of aldehydes is 1. The summed E-state index contributed by atoms with van der Waals surface area (Å²) in [5.74, 6) is 0.175. The summed E-state index contributed by atoms with van der Waals surface area (Å²) in [6.07, 6.45) is 2.63. The zero-order chi connectivity index (χ0) is 36.2. The number of benzene rings is 2. The van der Waals surface area contributed by atoms with Crippen LogP contribution in [0.5, 0.6) is 0 Å². The molecule has 3 aromatic heterocycles. The molecule has 7 rings (SSSR count). The Morgan fingerprint density at radius 1 is 0.980 bits per heavy atom.